The maximum absolute atomic E-state index is 11.1. The highest BCUT2D eigenvalue weighted by molar-refractivity contribution is 5.85. The van der Waals surface area contributed by atoms with Crippen LogP contribution in [0.2, 0.25) is 0 Å². The fourth-order valence-electron chi connectivity index (χ4n) is 2.37. The summed E-state index contributed by atoms with van der Waals surface area (Å²) >= 11 is 0. The number of aromatic nitrogens is 2. The third-order valence-corrected chi connectivity index (χ3v) is 3.54. The maximum atomic E-state index is 11.1. The van der Waals surface area contributed by atoms with Gasteiger partial charge in [-0.3, -0.25) is 4.68 Å². The second-order valence-corrected chi connectivity index (χ2v) is 5.00. The normalized spacial score (nSPS) is 14.2. The molecule has 2 aromatic rings. The van der Waals surface area contributed by atoms with E-state index >= 15 is 0 Å². The molecule has 0 amide bonds. The van der Waals surface area contributed by atoms with Crippen LogP contribution in [0.4, 0.5) is 0 Å². The van der Waals surface area contributed by atoms with Crippen molar-refractivity contribution >= 4 is 5.97 Å². The zero-order chi connectivity index (χ0) is 14.1. The molecular weight excluding hydrogens is 256 g/mol. The Morgan fingerprint density at radius 2 is 2.20 bits per heavy atom. The number of hydrogen-bond acceptors (Lipinski definition) is 3. The molecule has 0 spiro atoms. The fourth-order valence-corrected chi connectivity index (χ4v) is 2.37. The van der Waals surface area contributed by atoms with Gasteiger partial charge in [0.25, 0.3) is 0 Å². The molecule has 1 fully saturated rings. The quantitative estimate of drug-likeness (QED) is 0.908. The average molecular weight is 272 g/mol. The Morgan fingerprint density at radius 1 is 1.45 bits per heavy atom. The molecule has 0 atom stereocenters. The molecule has 1 aromatic heterocycles. The molecule has 1 aromatic carbocycles. The van der Waals surface area contributed by atoms with Crippen LogP contribution in [-0.2, 0) is 6.54 Å². The lowest BCUT2D eigenvalue weighted by Gasteiger charge is -2.10. The van der Waals surface area contributed by atoms with Gasteiger partial charge < -0.3 is 9.84 Å². The Hall–Kier alpha value is -2.30. The molecule has 0 unspecified atom stereocenters. The summed E-state index contributed by atoms with van der Waals surface area (Å²) in [5.41, 5.74) is 2.12. The van der Waals surface area contributed by atoms with E-state index in [-0.39, 0.29) is 5.69 Å². The summed E-state index contributed by atoms with van der Waals surface area (Å²) in [7, 11) is 1.63. The van der Waals surface area contributed by atoms with Crippen molar-refractivity contribution < 1.29 is 14.6 Å². The predicted octanol–water partition coefficient (Wildman–Crippen LogP) is 2.52. The molecule has 3 rings (SSSR count). The number of ether oxygens (including phenoxy) is 1. The van der Waals surface area contributed by atoms with Gasteiger partial charge in [-0.05, 0) is 25.0 Å². The minimum absolute atomic E-state index is 0.113. The summed E-state index contributed by atoms with van der Waals surface area (Å²) in [5, 5.41) is 13.3. The summed E-state index contributed by atoms with van der Waals surface area (Å²) in [4.78, 5) is 11.1. The van der Waals surface area contributed by atoms with Crippen LogP contribution in [0.3, 0.4) is 0 Å². The number of hydrogen-bond donors (Lipinski definition) is 1. The zero-order valence-corrected chi connectivity index (χ0v) is 11.2. The number of rotatable bonds is 5. The van der Waals surface area contributed by atoms with E-state index in [0.717, 1.165) is 29.8 Å². The van der Waals surface area contributed by atoms with Gasteiger partial charge in [0.1, 0.15) is 5.75 Å². The summed E-state index contributed by atoms with van der Waals surface area (Å²) in [6, 6.07) is 9.41. The molecule has 104 valence electrons. The Morgan fingerprint density at radius 3 is 2.85 bits per heavy atom. The standard InChI is InChI=1S/C15H16N2O3/c1-20-14-5-3-2-4-11(14)9-17-13(10-6-7-10)8-12(16-17)15(18)19/h2-5,8,10H,6-7,9H2,1H3,(H,18,19). The van der Waals surface area contributed by atoms with Crippen LogP contribution in [0.1, 0.15) is 40.5 Å². The van der Waals surface area contributed by atoms with Gasteiger partial charge in [0.15, 0.2) is 5.69 Å². The lowest BCUT2D eigenvalue weighted by atomic mass is 10.2. The van der Waals surface area contributed by atoms with Crippen LogP contribution in [0.5, 0.6) is 5.75 Å². The van der Waals surface area contributed by atoms with E-state index in [9.17, 15) is 4.79 Å². The Kier molecular flexibility index (Phi) is 3.18. The molecule has 5 nitrogen and oxygen atoms in total. The highest BCUT2D eigenvalue weighted by atomic mass is 16.5. The van der Waals surface area contributed by atoms with Crippen LogP contribution in [-0.4, -0.2) is 28.0 Å². The first-order valence-electron chi connectivity index (χ1n) is 6.62. The van der Waals surface area contributed by atoms with Crippen molar-refractivity contribution in [3.63, 3.8) is 0 Å². The average Bonchev–Trinajstić information content (AvgIpc) is 3.20. The van der Waals surface area contributed by atoms with Gasteiger partial charge in [0.2, 0.25) is 0 Å². The molecule has 0 radical (unpaired) electrons. The molecule has 1 aliphatic rings. The fraction of sp³-hybridized carbons (Fsp3) is 0.333. The van der Waals surface area contributed by atoms with Gasteiger partial charge >= 0.3 is 5.97 Å². The molecule has 1 aliphatic carbocycles. The van der Waals surface area contributed by atoms with E-state index in [0.29, 0.717) is 12.5 Å². The van der Waals surface area contributed by atoms with Crippen LogP contribution in [0.25, 0.3) is 0 Å². The largest absolute Gasteiger partial charge is 0.496 e. The van der Waals surface area contributed by atoms with Gasteiger partial charge in [-0.1, -0.05) is 18.2 Å². The number of para-hydroxylation sites is 1. The topological polar surface area (TPSA) is 64.4 Å². The lowest BCUT2D eigenvalue weighted by molar-refractivity contribution is 0.0689. The highest BCUT2D eigenvalue weighted by Crippen LogP contribution is 2.40. The van der Waals surface area contributed by atoms with Crippen molar-refractivity contribution in [2.75, 3.05) is 7.11 Å². The molecule has 0 aliphatic heterocycles. The van der Waals surface area contributed by atoms with Gasteiger partial charge in [0.05, 0.1) is 13.7 Å². The Labute approximate surface area is 116 Å². The smallest absolute Gasteiger partial charge is 0.356 e. The van der Waals surface area contributed by atoms with Gasteiger partial charge in [-0.15, -0.1) is 0 Å². The number of nitrogens with zero attached hydrogens (tertiary/aromatic N) is 2. The molecule has 1 N–H and O–H groups in total. The number of aromatic carboxylic acids is 1. The molecule has 5 heteroatoms. The van der Waals surface area contributed by atoms with Crippen LogP contribution >= 0.6 is 0 Å². The van der Waals surface area contributed by atoms with E-state index in [1.807, 2.05) is 24.3 Å². The van der Waals surface area contributed by atoms with Crippen LogP contribution < -0.4 is 4.74 Å². The Bertz CT molecular complexity index is 644. The first kappa shape index (κ1) is 12.7. The second kappa shape index (κ2) is 5.00. The third kappa shape index (κ3) is 2.39. The summed E-state index contributed by atoms with van der Waals surface area (Å²) < 4.78 is 7.12. The number of benzene rings is 1. The lowest BCUT2D eigenvalue weighted by Crippen LogP contribution is -2.08. The molecule has 20 heavy (non-hydrogen) atoms. The van der Waals surface area contributed by atoms with Crippen LogP contribution in [0, 0.1) is 0 Å². The first-order chi connectivity index (χ1) is 9.69. The molecule has 1 saturated carbocycles. The number of carboxylic acid groups (broad SMARTS) is 1. The van der Waals surface area contributed by atoms with Gasteiger partial charge in [-0.2, -0.15) is 5.10 Å². The zero-order valence-electron chi connectivity index (χ0n) is 11.2. The molecule has 0 bridgehead atoms. The van der Waals surface area contributed by atoms with E-state index in [4.69, 9.17) is 9.84 Å². The van der Waals surface area contributed by atoms with Gasteiger partial charge in [-0.25, -0.2) is 4.79 Å². The van der Waals surface area contributed by atoms with E-state index < -0.39 is 5.97 Å². The number of methoxy groups -OCH3 is 1. The second-order valence-electron chi connectivity index (χ2n) is 5.00. The minimum atomic E-state index is -0.981. The summed E-state index contributed by atoms with van der Waals surface area (Å²) in [6.07, 6.45) is 2.22. The third-order valence-electron chi connectivity index (χ3n) is 3.54. The monoisotopic (exact) mass is 272 g/mol. The van der Waals surface area contributed by atoms with Crippen molar-refractivity contribution in [2.24, 2.45) is 0 Å². The first-order valence-corrected chi connectivity index (χ1v) is 6.62. The molecular formula is C15H16N2O3. The van der Waals surface area contributed by atoms with E-state index in [2.05, 4.69) is 5.10 Å². The van der Waals surface area contributed by atoms with Crippen molar-refractivity contribution in [2.45, 2.75) is 25.3 Å². The van der Waals surface area contributed by atoms with Crippen molar-refractivity contribution in [1.29, 1.82) is 0 Å². The SMILES string of the molecule is COc1ccccc1Cn1nc(C(=O)O)cc1C1CC1. The van der Waals surface area contributed by atoms with Crippen molar-refractivity contribution in [3.8, 4) is 5.75 Å². The summed E-state index contributed by atoms with van der Waals surface area (Å²) in [5.74, 6) is 0.262. The van der Waals surface area contributed by atoms with E-state index in [1.54, 1.807) is 17.9 Å². The van der Waals surface area contributed by atoms with E-state index in [1.165, 1.54) is 0 Å². The highest BCUT2D eigenvalue weighted by Gasteiger charge is 2.29. The van der Waals surface area contributed by atoms with Crippen molar-refractivity contribution in [3.05, 3.63) is 47.3 Å². The summed E-state index contributed by atoms with van der Waals surface area (Å²) in [6.45, 7) is 0.531. The maximum Gasteiger partial charge on any atom is 0.356 e. The molecule has 0 saturated heterocycles. The predicted molar refractivity (Wildman–Crippen MR) is 73.3 cm³/mol. The Balaban J connectivity index is 1.95. The number of carboxylic acids is 1. The van der Waals surface area contributed by atoms with Crippen LogP contribution in [0.15, 0.2) is 30.3 Å². The van der Waals surface area contributed by atoms with Gasteiger partial charge in [0, 0.05) is 17.2 Å². The minimum Gasteiger partial charge on any atom is -0.496 e. The van der Waals surface area contributed by atoms with Crippen molar-refractivity contribution in [1.82, 2.24) is 9.78 Å². The number of carbonyl (C=O) groups is 1. The molecule has 1 heterocycles.